The topological polar surface area (TPSA) is 73.6 Å². The summed E-state index contributed by atoms with van der Waals surface area (Å²) in [5.74, 6) is -0.0904. The molecule has 0 aromatic heterocycles. The summed E-state index contributed by atoms with van der Waals surface area (Å²) in [6, 6.07) is 3.97. The molecule has 1 heterocycles. The van der Waals surface area contributed by atoms with Crippen molar-refractivity contribution in [1.29, 1.82) is 0 Å². The highest BCUT2D eigenvalue weighted by Crippen LogP contribution is 2.18. The molecule has 22 heavy (non-hydrogen) atoms. The minimum atomic E-state index is -0.574. The molecular weight excluding hydrogens is 311 g/mol. The third kappa shape index (κ3) is 4.83. The van der Waals surface area contributed by atoms with Crippen molar-refractivity contribution in [2.24, 2.45) is 11.7 Å². The first-order valence-corrected chi connectivity index (χ1v) is 7.05. The number of benzene rings is 1. The number of carbonyl (C=O) groups excluding carboxylic acids is 1. The first kappa shape index (κ1) is 18.7. The minimum Gasteiger partial charge on any atom is -0.497 e. The van der Waals surface area contributed by atoms with E-state index in [0.29, 0.717) is 24.5 Å². The Morgan fingerprint density at radius 3 is 2.77 bits per heavy atom. The molecule has 0 aliphatic carbocycles. The highest BCUT2D eigenvalue weighted by Gasteiger charge is 2.26. The van der Waals surface area contributed by atoms with Crippen molar-refractivity contribution in [3.63, 3.8) is 0 Å². The molecule has 0 spiro atoms. The second-order valence-electron chi connectivity index (χ2n) is 5.15. The number of ether oxygens (including phenoxy) is 2. The maximum Gasteiger partial charge on any atom is 0.237 e. The van der Waals surface area contributed by atoms with Crippen LogP contribution in [-0.2, 0) is 16.1 Å². The predicted molar refractivity (Wildman–Crippen MR) is 83.6 cm³/mol. The molecule has 1 saturated heterocycles. The normalized spacial score (nSPS) is 16.5. The van der Waals surface area contributed by atoms with Gasteiger partial charge in [-0.3, -0.25) is 4.79 Å². The van der Waals surface area contributed by atoms with E-state index in [-0.39, 0.29) is 30.8 Å². The van der Waals surface area contributed by atoms with E-state index >= 15 is 0 Å². The lowest BCUT2D eigenvalue weighted by molar-refractivity contribution is -0.124. The largest absolute Gasteiger partial charge is 0.497 e. The number of halogens is 2. The summed E-state index contributed by atoms with van der Waals surface area (Å²) >= 11 is 0. The number of hydrogen-bond acceptors (Lipinski definition) is 4. The second-order valence-corrected chi connectivity index (χ2v) is 5.15. The quantitative estimate of drug-likeness (QED) is 0.859. The maximum absolute atomic E-state index is 13.8. The van der Waals surface area contributed by atoms with Crippen LogP contribution in [0.5, 0.6) is 5.75 Å². The van der Waals surface area contributed by atoms with Gasteiger partial charge in [-0.15, -0.1) is 12.4 Å². The SMILES string of the molecule is COc1ccc(CNC(=O)C(N)C2CCOCC2)c(F)c1.Cl. The number of amides is 1. The van der Waals surface area contributed by atoms with E-state index in [1.165, 1.54) is 13.2 Å². The van der Waals surface area contributed by atoms with Gasteiger partial charge in [0.2, 0.25) is 5.91 Å². The molecule has 0 saturated carbocycles. The van der Waals surface area contributed by atoms with E-state index < -0.39 is 11.9 Å². The molecule has 7 heteroatoms. The van der Waals surface area contributed by atoms with Crippen molar-refractivity contribution >= 4 is 18.3 Å². The summed E-state index contributed by atoms with van der Waals surface area (Å²) in [5.41, 5.74) is 6.36. The van der Waals surface area contributed by atoms with E-state index in [1.54, 1.807) is 12.1 Å². The zero-order valence-corrected chi connectivity index (χ0v) is 13.3. The Hall–Kier alpha value is -1.37. The maximum atomic E-state index is 13.8. The molecule has 1 aromatic carbocycles. The number of nitrogens with one attached hydrogen (secondary N) is 1. The van der Waals surface area contributed by atoms with E-state index in [4.69, 9.17) is 15.2 Å². The average molecular weight is 333 g/mol. The fourth-order valence-corrected chi connectivity index (χ4v) is 2.39. The van der Waals surface area contributed by atoms with Crippen molar-refractivity contribution in [2.75, 3.05) is 20.3 Å². The average Bonchev–Trinajstić information content (AvgIpc) is 2.53. The zero-order valence-electron chi connectivity index (χ0n) is 12.5. The fourth-order valence-electron chi connectivity index (χ4n) is 2.39. The van der Waals surface area contributed by atoms with Crippen molar-refractivity contribution < 1.29 is 18.7 Å². The van der Waals surface area contributed by atoms with Gasteiger partial charge >= 0.3 is 0 Å². The first-order chi connectivity index (χ1) is 10.1. The number of hydrogen-bond donors (Lipinski definition) is 2. The molecule has 1 aliphatic heterocycles. The van der Waals surface area contributed by atoms with Gasteiger partial charge < -0.3 is 20.5 Å². The second kappa shape index (κ2) is 8.92. The van der Waals surface area contributed by atoms with Crippen LogP contribution in [0.4, 0.5) is 4.39 Å². The smallest absolute Gasteiger partial charge is 0.237 e. The molecule has 1 aromatic rings. The molecule has 1 amide bonds. The van der Waals surface area contributed by atoms with Gasteiger partial charge in [0.25, 0.3) is 0 Å². The fraction of sp³-hybridized carbons (Fsp3) is 0.533. The van der Waals surface area contributed by atoms with Crippen LogP contribution in [0.3, 0.4) is 0 Å². The van der Waals surface area contributed by atoms with Crippen LogP contribution in [-0.4, -0.2) is 32.3 Å². The molecule has 3 N–H and O–H groups in total. The summed E-state index contributed by atoms with van der Waals surface area (Å²) in [4.78, 5) is 12.0. The Balaban J connectivity index is 0.00000242. The third-order valence-electron chi connectivity index (χ3n) is 3.79. The Labute approximate surface area is 135 Å². The van der Waals surface area contributed by atoms with Crippen molar-refractivity contribution in [1.82, 2.24) is 5.32 Å². The van der Waals surface area contributed by atoms with Crippen LogP contribution in [0.1, 0.15) is 18.4 Å². The lowest BCUT2D eigenvalue weighted by Crippen LogP contribution is -2.46. The highest BCUT2D eigenvalue weighted by atomic mass is 35.5. The van der Waals surface area contributed by atoms with Crippen molar-refractivity contribution in [3.05, 3.63) is 29.6 Å². The van der Waals surface area contributed by atoms with E-state index in [9.17, 15) is 9.18 Å². The summed E-state index contributed by atoms with van der Waals surface area (Å²) in [5, 5.41) is 2.69. The van der Waals surface area contributed by atoms with Crippen LogP contribution in [0, 0.1) is 11.7 Å². The first-order valence-electron chi connectivity index (χ1n) is 7.05. The molecule has 0 bridgehead atoms. The van der Waals surface area contributed by atoms with Crippen LogP contribution >= 0.6 is 12.4 Å². The molecule has 5 nitrogen and oxygen atoms in total. The molecule has 2 rings (SSSR count). The number of methoxy groups -OCH3 is 1. The van der Waals surface area contributed by atoms with Gasteiger partial charge in [-0.2, -0.15) is 0 Å². The lowest BCUT2D eigenvalue weighted by Gasteiger charge is -2.26. The summed E-state index contributed by atoms with van der Waals surface area (Å²) in [6.45, 7) is 1.39. The molecule has 1 unspecified atom stereocenters. The molecular formula is C15H22ClFN2O3. The van der Waals surface area contributed by atoms with Gasteiger partial charge in [-0.1, -0.05) is 6.07 Å². The Kier molecular flexibility index (Phi) is 7.58. The lowest BCUT2D eigenvalue weighted by atomic mass is 9.92. The van der Waals surface area contributed by atoms with Gasteiger partial charge in [-0.25, -0.2) is 4.39 Å². The molecule has 1 fully saturated rings. The van der Waals surface area contributed by atoms with E-state index in [0.717, 1.165) is 12.8 Å². The standard InChI is InChI=1S/C15H21FN2O3.ClH/c1-20-12-3-2-11(13(16)8-12)9-18-15(19)14(17)10-4-6-21-7-5-10;/h2-3,8,10,14H,4-7,9,17H2,1H3,(H,18,19);1H. The van der Waals surface area contributed by atoms with Gasteiger partial charge in [0.05, 0.1) is 13.2 Å². The van der Waals surface area contributed by atoms with Crippen LogP contribution in [0.15, 0.2) is 18.2 Å². The minimum absolute atomic E-state index is 0. The van der Waals surface area contributed by atoms with E-state index in [2.05, 4.69) is 5.32 Å². The number of carbonyl (C=O) groups is 1. The molecule has 1 aliphatic rings. The Morgan fingerprint density at radius 1 is 1.50 bits per heavy atom. The Bertz CT molecular complexity index is 496. The van der Waals surface area contributed by atoms with Gasteiger partial charge in [0.1, 0.15) is 11.6 Å². The summed E-state index contributed by atoms with van der Waals surface area (Å²) in [7, 11) is 1.48. The zero-order chi connectivity index (χ0) is 15.2. The van der Waals surface area contributed by atoms with Crippen LogP contribution in [0.2, 0.25) is 0 Å². The molecule has 0 radical (unpaired) electrons. The van der Waals surface area contributed by atoms with Gasteiger partial charge in [-0.05, 0) is 24.8 Å². The number of rotatable bonds is 5. The van der Waals surface area contributed by atoms with E-state index in [1.807, 2.05) is 0 Å². The van der Waals surface area contributed by atoms with Crippen molar-refractivity contribution in [2.45, 2.75) is 25.4 Å². The Morgan fingerprint density at radius 2 is 2.18 bits per heavy atom. The molecule has 1 atom stereocenters. The summed E-state index contributed by atoms with van der Waals surface area (Å²) < 4.78 is 23.9. The van der Waals surface area contributed by atoms with Crippen molar-refractivity contribution in [3.8, 4) is 5.75 Å². The predicted octanol–water partition coefficient (Wildman–Crippen LogP) is 1.63. The number of nitrogens with two attached hydrogens (primary N) is 1. The third-order valence-corrected chi connectivity index (χ3v) is 3.79. The molecule has 124 valence electrons. The van der Waals surface area contributed by atoms with Crippen LogP contribution < -0.4 is 15.8 Å². The summed E-state index contributed by atoms with van der Waals surface area (Å²) in [6.07, 6.45) is 1.57. The highest BCUT2D eigenvalue weighted by molar-refractivity contribution is 5.85. The van der Waals surface area contributed by atoms with Gasteiger partial charge in [0.15, 0.2) is 0 Å². The van der Waals surface area contributed by atoms with Crippen LogP contribution in [0.25, 0.3) is 0 Å². The van der Waals surface area contributed by atoms with Gasteiger partial charge in [0, 0.05) is 31.4 Å². The monoisotopic (exact) mass is 332 g/mol.